The lowest BCUT2D eigenvalue weighted by Gasteiger charge is -2.24. The molecule has 0 unspecified atom stereocenters. The van der Waals surface area contributed by atoms with Crippen LogP contribution >= 0.6 is 0 Å². The van der Waals surface area contributed by atoms with Gasteiger partial charge >= 0.3 is 12.1 Å². The van der Waals surface area contributed by atoms with Gasteiger partial charge in [-0.1, -0.05) is 30.3 Å². The highest BCUT2D eigenvalue weighted by molar-refractivity contribution is 5.74. The molecule has 2 heterocycles. The zero-order valence-electron chi connectivity index (χ0n) is 21.8. The van der Waals surface area contributed by atoms with E-state index in [-0.39, 0.29) is 12.5 Å². The Morgan fingerprint density at radius 1 is 1.08 bits per heavy atom. The number of carboxylic acid groups (broad SMARTS) is 1. The fourth-order valence-electron chi connectivity index (χ4n) is 4.49. The number of aliphatic carboxylic acids is 1. The van der Waals surface area contributed by atoms with Crippen molar-refractivity contribution in [3.05, 3.63) is 71.6 Å². The summed E-state index contributed by atoms with van der Waals surface area (Å²) in [5.41, 5.74) is 2.18. The average Bonchev–Trinajstić information content (AvgIpc) is 3.44. The number of carboxylic acids is 1. The van der Waals surface area contributed by atoms with Gasteiger partial charge in [0.25, 0.3) is 0 Å². The zero-order valence-corrected chi connectivity index (χ0v) is 21.8. The van der Waals surface area contributed by atoms with Crippen LogP contribution in [0.15, 0.2) is 59.0 Å². The highest BCUT2D eigenvalue weighted by Crippen LogP contribution is 2.29. The second-order valence-electron chi connectivity index (χ2n) is 10.4. The Bertz CT molecular complexity index is 1210. The molecule has 0 radical (unpaired) electrons. The standard InChI is InChI=1S/C29H34N2O6/c1-19-25(30-26(36-19)21-8-6-5-7-9-21)14-15-35-23-12-10-20(11-13-23)16-22-17-31(18-24(22)27(32)33)28(34)37-29(2,3)4/h5-13,22,24H,14-18H2,1-4H3,(H,32,33)/t22-,24+/m1/s1. The number of rotatable bonds is 8. The van der Waals surface area contributed by atoms with Crippen molar-refractivity contribution in [2.75, 3.05) is 19.7 Å². The van der Waals surface area contributed by atoms with Crippen molar-refractivity contribution in [3.8, 4) is 17.2 Å². The highest BCUT2D eigenvalue weighted by Gasteiger charge is 2.40. The van der Waals surface area contributed by atoms with Crippen LogP contribution in [0, 0.1) is 18.8 Å². The summed E-state index contributed by atoms with van der Waals surface area (Å²) < 4.78 is 17.2. The minimum Gasteiger partial charge on any atom is -0.493 e. The maximum Gasteiger partial charge on any atom is 0.410 e. The Hall–Kier alpha value is -3.81. The van der Waals surface area contributed by atoms with Crippen molar-refractivity contribution in [3.63, 3.8) is 0 Å². The molecule has 2 aromatic carbocycles. The fourth-order valence-corrected chi connectivity index (χ4v) is 4.49. The fraction of sp³-hybridized carbons (Fsp3) is 0.414. The van der Waals surface area contributed by atoms with Crippen LogP contribution in [0.2, 0.25) is 0 Å². The first-order valence-corrected chi connectivity index (χ1v) is 12.5. The summed E-state index contributed by atoms with van der Waals surface area (Å²) in [5.74, 6) is 0.400. The van der Waals surface area contributed by atoms with Gasteiger partial charge in [0.1, 0.15) is 17.1 Å². The topological polar surface area (TPSA) is 102 Å². The molecule has 196 valence electrons. The first-order chi connectivity index (χ1) is 17.6. The lowest BCUT2D eigenvalue weighted by Crippen LogP contribution is -2.36. The number of amides is 1. The third-order valence-electron chi connectivity index (χ3n) is 6.35. The molecular weight excluding hydrogens is 472 g/mol. The van der Waals surface area contributed by atoms with E-state index in [0.717, 1.165) is 28.3 Å². The maximum atomic E-state index is 12.5. The van der Waals surface area contributed by atoms with Gasteiger partial charge in [0.15, 0.2) is 0 Å². The Morgan fingerprint density at radius 2 is 1.78 bits per heavy atom. The number of carbonyl (C=O) groups is 2. The zero-order chi connectivity index (χ0) is 26.6. The number of hydrogen-bond acceptors (Lipinski definition) is 6. The minimum absolute atomic E-state index is 0.156. The van der Waals surface area contributed by atoms with Crippen molar-refractivity contribution in [2.45, 2.75) is 46.1 Å². The van der Waals surface area contributed by atoms with Crippen LogP contribution in [-0.4, -0.2) is 52.4 Å². The molecule has 8 heteroatoms. The van der Waals surface area contributed by atoms with Gasteiger partial charge in [0.05, 0.1) is 18.2 Å². The van der Waals surface area contributed by atoms with Crippen LogP contribution in [0.5, 0.6) is 5.75 Å². The molecule has 0 saturated carbocycles. The molecule has 1 fully saturated rings. The van der Waals surface area contributed by atoms with Crippen molar-refractivity contribution >= 4 is 12.1 Å². The minimum atomic E-state index is -0.894. The molecule has 8 nitrogen and oxygen atoms in total. The first-order valence-electron chi connectivity index (χ1n) is 12.5. The third-order valence-corrected chi connectivity index (χ3v) is 6.35. The Labute approximate surface area is 217 Å². The molecule has 1 aromatic heterocycles. The molecule has 37 heavy (non-hydrogen) atoms. The second-order valence-corrected chi connectivity index (χ2v) is 10.4. The van der Waals surface area contributed by atoms with E-state index in [1.807, 2.05) is 61.5 Å². The average molecular weight is 507 g/mol. The number of likely N-dealkylation sites (tertiary alicyclic amines) is 1. The van der Waals surface area contributed by atoms with Gasteiger partial charge in [-0.05, 0) is 69.9 Å². The largest absolute Gasteiger partial charge is 0.493 e. The number of aromatic nitrogens is 1. The van der Waals surface area contributed by atoms with Gasteiger partial charge in [-0.3, -0.25) is 4.79 Å². The number of carbonyl (C=O) groups excluding carboxylic acids is 1. The Kier molecular flexibility index (Phi) is 7.86. The van der Waals surface area contributed by atoms with Crippen LogP contribution in [0.3, 0.4) is 0 Å². The molecular formula is C29H34N2O6. The normalized spacial score (nSPS) is 17.6. The summed E-state index contributed by atoms with van der Waals surface area (Å²) >= 11 is 0. The van der Waals surface area contributed by atoms with Crippen LogP contribution in [0.25, 0.3) is 11.5 Å². The summed E-state index contributed by atoms with van der Waals surface area (Å²) in [6.07, 6.45) is 0.701. The lowest BCUT2D eigenvalue weighted by atomic mass is 9.90. The predicted molar refractivity (Wildman–Crippen MR) is 138 cm³/mol. The van der Waals surface area contributed by atoms with Crippen LogP contribution in [0.4, 0.5) is 4.79 Å². The van der Waals surface area contributed by atoms with Crippen molar-refractivity contribution in [1.29, 1.82) is 0 Å². The summed E-state index contributed by atoms with van der Waals surface area (Å²) in [7, 11) is 0. The monoisotopic (exact) mass is 506 g/mol. The number of aryl methyl sites for hydroxylation is 1. The predicted octanol–water partition coefficient (Wildman–Crippen LogP) is 5.38. The lowest BCUT2D eigenvalue weighted by molar-refractivity contribution is -0.142. The van der Waals surface area contributed by atoms with E-state index >= 15 is 0 Å². The number of hydrogen-bond donors (Lipinski definition) is 1. The molecule has 2 atom stereocenters. The smallest absolute Gasteiger partial charge is 0.410 e. The van der Waals surface area contributed by atoms with E-state index in [0.29, 0.717) is 31.9 Å². The molecule has 1 aliphatic heterocycles. The van der Waals surface area contributed by atoms with Gasteiger partial charge < -0.3 is 23.9 Å². The SMILES string of the molecule is Cc1oc(-c2ccccc2)nc1CCOc1ccc(C[C@@H]2CN(C(=O)OC(C)(C)C)C[C@@H]2C(=O)O)cc1. The molecule has 1 saturated heterocycles. The molecule has 1 N–H and O–H groups in total. The van der Waals surface area contributed by atoms with Crippen molar-refractivity contribution in [2.24, 2.45) is 11.8 Å². The molecule has 1 aliphatic rings. The van der Waals surface area contributed by atoms with Crippen molar-refractivity contribution < 1.29 is 28.6 Å². The van der Waals surface area contributed by atoms with E-state index in [1.165, 1.54) is 4.90 Å². The van der Waals surface area contributed by atoms with Crippen LogP contribution in [0.1, 0.15) is 37.8 Å². The molecule has 3 aromatic rings. The number of oxazole rings is 1. The van der Waals surface area contributed by atoms with Gasteiger partial charge in [-0.25, -0.2) is 9.78 Å². The van der Waals surface area contributed by atoms with E-state index in [9.17, 15) is 14.7 Å². The summed E-state index contributed by atoms with van der Waals surface area (Å²) in [5, 5.41) is 9.70. The van der Waals surface area contributed by atoms with E-state index in [1.54, 1.807) is 20.8 Å². The van der Waals surface area contributed by atoms with Gasteiger partial charge in [-0.15, -0.1) is 0 Å². The molecule has 0 bridgehead atoms. The maximum absolute atomic E-state index is 12.5. The number of benzene rings is 2. The molecule has 4 rings (SSSR count). The number of ether oxygens (including phenoxy) is 2. The molecule has 0 aliphatic carbocycles. The quantitative estimate of drug-likeness (QED) is 0.437. The highest BCUT2D eigenvalue weighted by atomic mass is 16.6. The van der Waals surface area contributed by atoms with Crippen molar-refractivity contribution in [1.82, 2.24) is 9.88 Å². The van der Waals surface area contributed by atoms with Crippen LogP contribution < -0.4 is 4.74 Å². The Morgan fingerprint density at radius 3 is 2.43 bits per heavy atom. The molecule has 1 amide bonds. The number of nitrogens with zero attached hydrogens (tertiary/aromatic N) is 2. The Balaban J connectivity index is 1.31. The van der Waals surface area contributed by atoms with E-state index in [2.05, 4.69) is 4.98 Å². The van der Waals surface area contributed by atoms with Crippen LogP contribution in [-0.2, 0) is 22.4 Å². The third kappa shape index (κ3) is 6.90. The van der Waals surface area contributed by atoms with Gasteiger partial charge in [0.2, 0.25) is 5.89 Å². The van der Waals surface area contributed by atoms with Gasteiger partial charge in [0, 0.05) is 25.1 Å². The summed E-state index contributed by atoms with van der Waals surface area (Å²) in [6, 6.07) is 17.4. The summed E-state index contributed by atoms with van der Waals surface area (Å²) in [4.78, 5) is 30.4. The van der Waals surface area contributed by atoms with E-state index in [4.69, 9.17) is 13.9 Å². The van der Waals surface area contributed by atoms with E-state index < -0.39 is 23.6 Å². The first kappa shape index (κ1) is 26.3. The summed E-state index contributed by atoms with van der Waals surface area (Å²) in [6.45, 7) is 8.26. The second kappa shape index (κ2) is 11.1. The van der Waals surface area contributed by atoms with Gasteiger partial charge in [-0.2, -0.15) is 0 Å². The molecule has 0 spiro atoms.